The average Bonchev–Trinajstić information content (AvgIpc) is 2.76. The predicted octanol–water partition coefficient (Wildman–Crippen LogP) is 3.61. The Kier molecular flexibility index (Phi) is 8.22. The van der Waals surface area contributed by atoms with E-state index in [1.54, 1.807) is 20.2 Å². The van der Waals surface area contributed by atoms with Crippen molar-refractivity contribution in [1.82, 2.24) is 15.5 Å². The Balaban J connectivity index is 1.46. The van der Waals surface area contributed by atoms with E-state index in [-0.39, 0.29) is 12.4 Å². The van der Waals surface area contributed by atoms with Gasteiger partial charge in [-0.1, -0.05) is 30.3 Å². The number of halogens is 1. The molecule has 2 aromatic carbocycles. The molecule has 0 aromatic heterocycles. The number of rotatable bonds is 7. The summed E-state index contributed by atoms with van der Waals surface area (Å²) in [7, 11) is 3.35. The molecule has 2 aromatic rings. The van der Waals surface area contributed by atoms with E-state index in [9.17, 15) is 4.39 Å². The van der Waals surface area contributed by atoms with Crippen molar-refractivity contribution in [1.29, 1.82) is 0 Å². The lowest BCUT2D eigenvalue weighted by Crippen LogP contribution is -2.48. The summed E-state index contributed by atoms with van der Waals surface area (Å²) in [6.45, 7) is 6.19. The number of guanidine groups is 1. The molecule has 1 heterocycles. The molecule has 0 spiro atoms. The van der Waals surface area contributed by atoms with E-state index in [2.05, 4.69) is 51.7 Å². The first kappa shape index (κ1) is 22.2. The Morgan fingerprint density at radius 2 is 1.93 bits per heavy atom. The number of piperidine rings is 1. The fraction of sp³-hybridized carbons (Fsp3) is 0.458. The summed E-state index contributed by atoms with van der Waals surface area (Å²) < 4.78 is 18.8. The number of ether oxygens (including phenoxy) is 1. The van der Waals surface area contributed by atoms with E-state index in [0.717, 1.165) is 44.0 Å². The van der Waals surface area contributed by atoms with Crippen LogP contribution < -0.4 is 10.6 Å². The van der Waals surface area contributed by atoms with Gasteiger partial charge in [-0.15, -0.1) is 0 Å². The first-order valence-electron chi connectivity index (χ1n) is 10.6. The number of aliphatic imine (C=N–C) groups is 1. The molecule has 3 rings (SSSR count). The topological polar surface area (TPSA) is 48.9 Å². The van der Waals surface area contributed by atoms with E-state index in [4.69, 9.17) is 4.74 Å². The fourth-order valence-electron chi connectivity index (χ4n) is 3.84. The highest BCUT2D eigenvalue weighted by atomic mass is 19.1. The monoisotopic (exact) mass is 412 g/mol. The minimum absolute atomic E-state index is 0.236. The van der Waals surface area contributed by atoms with Crippen LogP contribution >= 0.6 is 0 Å². The third-order valence-corrected chi connectivity index (χ3v) is 5.68. The molecule has 0 bridgehead atoms. The van der Waals surface area contributed by atoms with Crippen molar-refractivity contribution < 1.29 is 9.13 Å². The summed E-state index contributed by atoms with van der Waals surface area (Å²) in [4.78, 5) is 6.87. The van der Waals surface area contributed by atoms with Crippen molar-refractivity contribution in [3.05, 3.63) is 70.5 Å². The molecule has 0 unspecified atom stereocenters. The van der Waals surface area contributed by atoms with Crippen LogP contribution in [0.25, 0.3) is 0 Å². The van der Waals surface area contributed by atoms with E-state index >= 15 is 0 Å². The molecule has 1 aliphatic rings. The van der Waals surface area contributed by atoms with Gasteiger partial charge in [-0.25, -0.2) is 4.39 Å². The maximum Gasteiger partial charge on any atom is 0.191 e. The molecule has 1 fully saturated rings. The molecule has 1 saturated heterocycles. The Hall–Kier alpha value is -2.44. The summed E-state index contributed by atoms with van der Waals surface area (Å²) in [5.41, 5.74) is 4.34. The first-order chi connectivity index (χ1) is 14.6. The van der Waals surface area contributed by atoms with Crippen molar-refractivity contribution in [2.45, 2.75) is 45.5 Å². The number of likely N-dealkylation sites (tertiary alicyclic amines) is 1. The molecule has 0 saturated carbocycles. The molecule has 0 radical (unpaired) electrons. The maximum atomic E-state index is 13.8. The minimum Gasteiger partial charge on any atom is -0.380 e. The van der Waals surface area contributed by atoms with Gasteiger partial charge < -0.3 is 15.4 Å². The third kappa shape index (κ3) is 6.28. The lowest BCUT2D eigenvalue weighted by molar-refractivity contribution is 0.181. The largest absolute Gasteiger partial charge is 0.380 e. The van der Waals surface area contributed by atoms with E-state index in [0.29, 0.717) is 18.2 Å². The number of nitrogens with one attached hydrogen (secondary N) is 2. The van der Waals surface area contributed by atoms with Crippen LogP contribution in [0, 0.1) is 12.7 Å². The van der Waals surface area contributed by atoms with Gasteiger partial charge in [0.25, 0.3) is 0 Å². The van der Waals surface area contributed by atoms with Crippen molar-refractivity contribution in [2.24, 2.45) is 4.99 Å². The van der Waals surface area contributed by atoms with Crippen LogP contribution in [-0.4, -0.2) is 44.1 Å². The zero-order valence-corrected chi connectivity index (χ0v) is 18.2. The van der Waals surface area contributed by atoms with Gasteiger partial charge in [0.15, 0.2) is 5.96 Å². The first-order valence-corrected chi connectivity index (χ1v) is 10.6. The van der Waals surface area contributed by atoms with Crippen LogP contribution in [0.3, 0.4) is 0 Å². The molecule has 2 N–H and O–H groups in total. The standard InChI is InChI=1S/C24H33FN4O/c1-18-6-4-5-7-20(18)16-29-12-10-22(11-13-29)28-24(26-2)27-15-19-8-9-23(25)21(14-19)17-30-3/h4-9,14,22H,10-13,15-17H2,1-3H3,(H2,26,27,28). The van der Waals surface area contributed by atoms with Crippen molar-refractivity contribution >= 4 is 5.96 Å². The van der Waals surface area contributed by atoms with Crippen molar-refractivity contribution in [3.63, 3.8) is 0 Å². The predicted molar refractivity (Wildman–Crippen MR) is 120 cm³/mol. The Bertz CT molecular complexity index is 847. The van der Waals surface area contributed by atoms with Gasteiger partial charge in [0.1, 0.15) is 5.82 Å². The highest BCUT2D eigenvalue weighted by Gasteiger charge is 2.20. The number of benzene rings is 2. The second-order valence-corrected chi connectivity index (χ2v) is 7.91. The number of methoxy groups -OCH3 is 1. The van der Waals surface area contributed by atoms with Gasteiger partial charge in [0.2, 0.25) is 0 Å². The number of hydrogen-bond donors (Lipinski definition) is 2. The van der Waals surface area contributed by atoms with Crippen LogP contribution in [0.1, 0.15) is 35.1 Å². The fourth-order valence-corrected chi connectivity index (χ4v) is 3.84. The van der Waals surface area contributed by atoms with Crippen LogP contribution in [0.5, 0.6) is 0 Å². The highest BCUT2D eigenvalue weighted by Crippen LogP contribution is 2.16. The number of hydrogen-bond acceptors (Lipinski definition) is 3. The summed E-state index contributed by atoms with van der Waals surface area (Å²) in [5, 5.41) is 6.88. The number of aryl methyl sites for hydroxylation is 1. The quantitative estimate of drug-likeness (QED) is 0.539. The zero-order chi connectivity index (χ0) is 21.3. The van der Waals surface area contributed by atoms with E-state index in [1.165, 1.54) is 17.2 Å². The molecule has 5 nitrogen and oxygen atoms in total. The van der Waals surface area contributed by atoms with Gasteiger partial charge >= 0.3 is 0 Å². The third-order valence-electron chi connectivity index (χ3n) is 5.68. The summed E-state index contributed by atoms with van der Waals surface area (Å²) in [5.74, 6) is 0.547. The van der Waals surface area contributed by atoms with Crippen LogP contribution in [-0.2, 0) is 24.4 Å². The van der Waals surface area contributed by atoms with Crippen molar-refractivity contribution in [2.75, 3.05) is 27.2 Å². The van der Waals surface area contributed by atoms with Crippen molar-refractivity contribution in [3.8, 4) is 0 Å². The Labute approximate surface area is 179 Å². The molecule has 0 amide bonds. The highest BCUT2D eigenvalue weighted by molar-refractivity contribution is 5.79. The van der Waals surface area contributed by atoms with E-state index in [1.807, 2.05) is 6.07 Å². The number of nitrogens with zero attached hydrogens (tertiary/aromatic N) is 2. The molecule has 0 aliphatic carbocycles. The molecule has 0 atom stereocenters. The van der Waals surface area contributed by atoms with E-state index < -0.39 is 0 Å². The SMILES string of the molecule is CN=C(NCc1ccc(F)c(COC)c1)NC1CCN(Cc2ccccc2C)CC1. The Morgan fingerprint density at radius 1 is 1.17 bits per heavy atom. The van der Waals surface area contributed by atoms with Gasteiger partial charge in [0.05, 0.1) is 6.61 Å². The Morgan fingerprint density at radius 3 is 2.63 bits per heavy atom. The summed E-state index contributed by atoms with van der Waals surface area (Å²) in [6, 6.07) is 14.1. The average molecular weight is 413 g/mol. The summed E-state index contributed by atoms with van der Waals surface area (Å²) >= 11 is 0. The van der Waals surface area contributed by atoms with Crippen LogP contribution in [0.2, 0.25) is 0 Å². The zero-order valence-electron chi connectivity index (χ0n) is 18.2. The molecular formula is C24H33FN4O. The maximum absolute atomic E-state index is 13.8. The van der Waals surface area contributed by atoms with Crippen LogP contribution in [0.15, 0.2) is 47.5 Å². The minimum atomic E-state index is -0.236. The molecule has 162 valence electrons. The summed E-state index contributed by atoms with van der Waals surface area (Å²) in [6.07, 6.45) is 2.17. The van der Waals surface area contributed by atoms with Gasteiger partial charge in [0, 0.05) is 51.9 Å². The second kappa shape index (κ2) is 11.1. The molecular weight excluding hydrogens is 379 g/mol. The van der Waals surface area contributed by atoms with Gasteiger partial charge in [-0.3, -0.25) is 9.89 Å². The molecule has 6 heteroatoms. The molecule has 1 aliphatic heterocycles. The lowest BCUT2D eigenvalue weighted by Gasteiger charge is -2.33. The smallest absolute Gasteiger partial charge is 0.191 e. The molecule has 30 heavy (non-hydrogen) atoms. The van der Waals surface area contributed by atoms with Crippen LogP contribution in [0.4, 0.5) is 4.39 Å². The normalized spacial score (nSPS) is 15.9. The van der Waals surface area contributed by atoms with Gasteiger partial charge in [-0.2, -0.15) is 0 Å². The second-order valence-electron chi connectivity index (χ2n) is 7.91. The lowest BCUT2D eigenvalue weighted by atomic mass is 10.0. The van der Waals surface area contributed by atoms with Gasteiger partial charge in [-0.05, 0) is 48.6 Å².